The number of thiophene rings is 1. The molecular formula is C19H26N2O2S. The van der Waals surface area contributed by atoms with Gasteiger partial charge in [0.1, 0.15) is 0 Å². The van der Waals surface area contributed by atoms with E-state index in [0.717, 1.165) is 58.2 Å². The van der Waals surface area contributed by atoms with Crippen molar-refractivity contribution in [3.63, 3.8) is 0 Å². The van der Waals surface area contributed by atoms with E-state index in [2.05, 4.69) is 23.3 Å². The molecule has 1 atom stereocenters. The molecular weight excluding hydrogens is 320 g/mol. The third-order valence-electron chi connectivity index (χ3n) is 5.85. The van der Waals surface area contributed by atoms with Gasteiger partial charge in [0.15, 0.2) is 0 Å². The first-order chi connectivity index (χ1) is 11.7. The van der Waals surface area contributed by atoms with Crippen LogP contribution < -0.4 is 0 Å². The first-order valence-electron chi connectivity index (χ1n) is 9.34. The summed E-state index contributed by atoms with van der Waals surface area (Å²) in [4.78, 5) is 30.8. The molecule has 5 heteroatoms. The van der Waals surface area contributed by atoms with Crippen LogP contribution in [0.25, 0.3) is 0 Å². The van der Waals surface area contributed by atoms with Gasteiger partial charge in [0.25, 0.3) is 0 Å². The van der Waals surface area contributed by atoms with Crippen molar-refractivity contribution in [2.24, 2.45) is 11.8 Å². The summed E-state index contributed by atoms with van der Waals surface area (Å²) in [5.41, 5.74) is 1.36. The minimum absolute atomic E-state index is 0.0995. The van der Waals surface area contributed by atoms with E-state index in [1.54, 1.807) is 0 Å². The maximum absolute atomic E-state index is 13.1. The molecule has 1 saturated heterocycles. The van der Waals surface area contributed by atoms with Crippen LogP contribution in [0.2, 0.25) is 0 Å². The number of carbonyl (C=O) groups is 2. The van der Waals surface area contributed by atoms with Crippen molar-refractivity contribution in [2.75, 3.05) is 19.6 Å². The van der Waals surface area contributed by atoms with Crippen molar-refractivity contribution in [2.45, 2.75) is 51.5 Å². The van der Waals surface area contributed by atoms with Gasteiger partial charge in [-0.2, -0.15) is 0 Å². The van der Waals surface area contributed by atoms with Gasteiger partial charge < -0.3 is 9.80 Å². The third kappa shape index (κ3) is 2.87. The molecule has 1 aliphatic carbocycles. The molecule has 0 bridgehead atoms. The van der Waals surface area contributed by atoms with Crippen LogP contribution in [0.3, 0.4) is 0 Å². The number of fused-ring (bicyclic) bond motifs is 1. The second-order valence-electron chi connectivity index (χ2n) is 7.38. The van der Waals surface area contributed by atoms with E-state index < -0.39 is 0 Å². The highest BCUT2D eigenvalue weighted by molar-refractivity contribution is 7.10. The molecule has 2 fully saturated rings. The number of carbonyl (C=O) groups excluding carboxylic acids is 2. The first kappa shape index (κ1) is 16.1. The summed E-state index contributed by atoms with van der Waals surface area (Å²) in [6, 6.07) is 2.45. The summed E-state index contributed by atoms with van der Waals surface area (Å²) in [5.74, 6) is 1.04. The molecule has 3 heterocycles. The van der Waals surface area contributed by atoms with Crippen LogP contribution in [-0.4, -0.2) is 41.2 Å². The number of hydrogen-bond donors (Lipinski definition) is 0. The fraction of sp³-hybridized carbons (Fsp3) is 0.684. The lowest BCUT2D eigenvalue weighted by molar-refractivity contribution is -0.143. The van der Waals surface area contributed by atoms with E-state index in [-0.39, 0.29) is 12.0 Å². The second-order valence-corrected chi connectivity index (χ2v) is 8.38. The lowest BCUT2D eigenvalue weighted by Gasteiger charge is -2.40. The van der Waals surface area contributed by atoms with E-state index >= 15 is 0 Å². The molecule has 4 rings (SSSR count). The molecule has 1 aromatic rings. The zero-order valence-corrected chi connectivity index (χ0v) is 15.2. The topological polar surface area (TPSA) is 40.6 Å². The second kappa shape index (κ2) is 6.51. The fourth-order valence-corrected chi connectivity index (χ4v) is 5.20. The summed E-state index contributed by atoms with van der Waals surface area (Å²) in [6.07, 6.45) is 5.77. The number of amides is 2. The Kier molecular flexibility index (Phi) is 4.37. The Morgan fingerprint density at radius 2 is 1.79 bits per heavy atom. The molecule has 1 unspecified atom stereocenters. The van der Waals surface area contributed by atoms with Crippen LogP contribution in [-0.2, 0) is 16.0 Å². The van der Waals surface area contributed by atoms with E-state index in [4.69, 9.17) is 0 Å². The van der Waals surface area contributed by atoms with Gasteiger partial charge in [-0.05, 0) is 55.5 Å². The molecule has 24 heavy (non-hydrogen) atoms. The molecule has 0 radical (unpaired) electrons. The normalized spacial score (nSPS) is 24.8. The van der Waals surface area contributed by atoms with Crippen LogP contribution >= 0.6 is 11.3 Å². The van der Waals surface area contributed by atoms with E-state index in [1.165, 1.54) is 10.4 Å². The quantitative estimate of drug-likeness (QED) is 0.843. The van der Waals surface area contributed by atoms with Gasteiger partial charge in [0.2, 0.25) is 11.8 Å². The summed E-state index contributed by atoms with van der Waals surface area (Å²) in [6.45, 7) is 4.56. The summed E-state index contributed by atoms with van der Waals surface area (Å²) in [7, 11) is 0. The van der Waals surface area contributed by atoms with Crippen molar-refractivity contribution in [3.8, 4) is 0 Å². The van der Waals surface area contributed by atoms with E-state index in [0.29, 0.717) is 17.7 Å². The molecule has 1 aromatic heterocycles. The average molecular weight is 346 g/mol. The number of nitrogens with zero attached hydrogens (tertiary/aromatic N) is 2. The maximum Gasteiger partial charge on any atom is 0.226 e. The molecule has 4 nitrogen and oxygen atoms in total. The zero-order valence-electron chi connectivity index (χ0n) is 14.4. The highest BCUT2D eigenvalue weighted by Gasteiger charge is 2.38. The minimum atomic E-state index is 0.0995. The monoisotopic (exact) mass is 346 g/mol. The Morgan fingerprint density at radius 3 is 2.46 bits per heavy atom. The van der Waals surface area contributed by atoms with E-state index in [9.17, 15) is 9.59 Å². The smallest absolute Gasteiger partial charge is 0.226 e. The molecule has 130 valence electrons. The predicted molar refractivity (Wildman–Crippen MR) is 94.8 cm³/mol. The molecule has 2 aliphatic heterocycles. The number of rotatable bonds is 3. The van der Waals surface area contributed by atoms with Crippen LogP contribution in [0.5, 0.6) is 0 Å². The summed E-state index contributed by atoms with van der Waals surface area (Å²) < 4.78 is 0. The van der Waals surface area contributed by atoms with Crippen LogP contribution in [0.4, 0.5) is 0 Å². The van der Waals surface area contributed by atoms with Crippen molar-refractivity contribution in [1.82, 2.24) is 9.80 Å². The molecule has 2 amide bonds. The van der Waals surface area contributed by atoms with E-state index in [1.807, 2.05) is 16.2 Å². The van der Waals surface area contributed by atoms with Crippen LogP contribution in [0.1, 0.15) is 55.5 Å². The Morgan fingerprint density at radius 1 is 1.08 bits per heavy atom. The Labute approximate surface area is 147 Å². The van der Waals surface area contributed by atoms with Gasteiger partial charge in [-0.3, -0.25) is 9.59 Å². The lowest BCUT2D eigenvalue weighted by atomic mass is 9.91. The highest BCUT2D eigenvalue weighted by Crippen LogP contribution is 2.37. The van der Waals surface area contributed by atoms with Crippen molar-refractivity contribution < 1.29 is 9.59 Å². The standard InChI is InChI=1S/C19H26N2O2S/c1-2-16-15-8-12-24-17(15)7-11-21(16)19(23)14-5-9-20(10-6-14)18(22)13-3-4-13/h8,12-14,16H,2-7,9-11H2,1H3. The van der Waals surface area contributed by atoms with Crippen molar-refractivity contribution in [3.05, 3.63) is 21.9 Å². The SMILES string of the molecule is CCC1c2ccsc2CCN1C(=O)C1CCN(C(=O)C2CC2)CC1. The van der Waals surface area contributed by atoms with Crippen molar-refractivity contribution in [1.29, 1.82) is 0 Å². The molecule has 0 spiro atoms. The van der Waals surface area contributed by atoms with Gasteiger partial charge in [-0.1, -0.05) is 6.92 Å². The fourth-order valence-electron chi connectivity index (χ4n) is 4.27. The van der Waals surface area contributed by atoms with Gasteiger partial charge in [0, 0.05) is 36.3 Å². The van der Waals surface area contributed by atoms with Gasteiger partial charge in [0.05, 0.1) is 6.04 Å². The largest absolute Gasteiger partial charge is 0.342 e. The van der Waals surface area contributed by atoms with Crippen molar-refractivity contribution >= 4 is 23.2 Å². The van der Waals surface area contributed by atoms with Gasteiger partial charge >= 0.3 is 0 Å². The van der Waals surface area contributed by atoms with Gasteiger partial charge in [-0.25, -0.2) is 0 Å². The number of likely N-dealkylation sites (tertiary alicyclic amines) is 1. The van der Waals surface area contributed by atoms with Crippen LogP contribution in [0, 0.1) is 11.8 Å². The molecule has 3 aliphatic rings. The highest BCUT2D eigenvalue weighted by atomic mass is 32.1. The lowest BCUT2D eigenvalue weighted by Crippen LogP contribution is -2.47. The predicted octanol–water partition coefficient (Wildman–Crippen LogP) is 3.23. The Hall–Kier alpha value is -1.36. The Balaban J connectivity index is 1.40. The summed E-state index contributed by atoms with van der Waals surface area (Å²) >= 11 is 1.82. The molecule has 0 N–H and O–H groups in total. The maximum atomic E-state index is 13.1. The zero-order chi connectivity index (χ0) is 16.7. The van der Waals surface area contributed by atoms with Gasteiger partial charge in [-0.15, -0.1) is 11.3 Å². The average Bonchev–Trinajstić information content (AvgIpc) is 3.36. The third-order valence-corrected chi connectivity index (χ3v) is 6.84. The summed E-state index contributed by atoms with van der Waals surface area (Å²) in [5, 5.41) is 2.16. The minimum Gasteiger partial charge on any atom is -0.342 e. The van der Waals surface area contributed by atoms with Crippen LogP contribution in [0.15, 0.2) is 11.4 Å². The molecule has 0 aromatic carbocycles. The molecule has 1 saturated carbocycles. The number of piperidine rings is 1. The first-order valence-corrected chi connectivity index (χ1v) is 10.2. The number of hydrogen-bond acceptors (Lipinski definition) is 3. The Bertz CT molecular complexity index is 629.